The molecular formula is C45H34Cl2F2Zr-2. The molecular weight excluding hydrogens is 741 g/mol. The molecule has 0 bridgehead atoms. The number of halogens is 4. The molecule has 0 amide bonds. The molecule has 0 unspecified atom stereocenters. The van der Waals surface area contributed by atoms with Crippen LogP contribution in [-0.4, -0.2) is 3.21 Å². The van der Waals surface area contributed by atoms with E-state index in [2.05, 4.69) is 98.8 Å². The summed E-state index contributed by atoms with van der Waals surface area (Å²) in [7, 11) is 0. The van der Waals surface area contributed by atoms with Gasteiger partial charge in [0.15, 0.2) is 0 Å². The first-order chi connectivity index (χ1) is 23.4. The van der Waals surface area contributed by atoms with E-state index in [9.17, 15) is 8.78 Å². The van der Waals surface area contributed by atoms with E-state index in [0.29, 0.717) is 0 Å². The summed E-state index contributed by atoms with van der Waals surface area (Å²) in [5.41, 5.74) is 15.1. The Morgan fingerprint density at radius 3 is 1.62 bits per heavy atom. The van der Waals surface area contributed by atoms with Gasteiger partial charge in [0.05, 0.1) is 0 Å². The van der Waals surface area contributed by atoms with Crippen molar-refractivity contribution in [2.75, 3.05) is 0 Å². The molecule has 0 fully saturated rings. The van der Waals surface area contributed by atoms with Gasteiger partial charge in [-0.25, -0.2) is 12.1 Å². The zero-order valence-corrected chi connectivity index (χ0v) is 31.7. The molecule has 0 atom stereocenters. The quantitative estimate of drug-likeness (QED) is 0.208. The molecule has 50 heavy (non-hydrogen) atoms. The molecule has 0 nitrogen and oxygen atoms in total. The van der Waals surface area contributed by atoms with Crippen molar-refractivity contribution in [1.29, 1.82) is 0 Å². The van der Waals surface area contributed by atoms with E-state index in [4.69, 9.17) is 0 Å². The van der Waals surface area contributed by atoms with Gasteiger partial charge in [-0.2, -0.15) is 18.2 Å². The van der Waals surface area contributed by atoms with Gasteiger partial charge in [0, 0.05) is 0 Å². The van der Waals surface area contributed by atoms with E-state index in [1.165, 1.54) is 104 Å². The Hall–Kier alpha value is -4.14. The summed E-state index contributed by atoms with van der Waals surface area (Å²) in [5.74, 6) is -0.488. The average molecular weight is 775 g/mol. The predicted octanol–water partition coefficient (Wildman–Crippen LogP) is 5.50. The molecule has 0 saturated carbocycles. The molecule has 0 spiro atoms. The maximum absolute atomic E-state index is 12.8. The third kappa shape index (κ3) is 9.35. The first-order valence-corrected chi connectivity index (χ1v) is 17.2. The fourth-order valence-electron chi connectivity index (χ4n) is 5.94. The number of hydrogen-bond donors (Lipinski definition) is 0. The zero-order valence-electron chi connectivity index (χ0n) is 27.7. The van der Waals surface area contributed by atoms with Gasteiger partial charge in [-0.15, -0.1) is 29.3 Å². The Morgan fingerprint density at radius 2 is 1.10 bits per heavy atom. The summed E-state index contributed by atoms with van der Waals surface area (Å²) in [6, 6.07) is 54.9. The van der Waals surface area contributed by atoms with Crippen LogP contribution in [0.3, 0.4) is 0 Å². The zero-order chi connectivity index (χ0) is 33.5. The normalized spacial score (nSPS) is 10.5. The van der Waals surface area contributed by atoms with Crippen LogP contribution in [0.5, 0.6) is 0 Å². The fourth-order valence-corrected chi connectivity index (χ4v) is 6.76. The van der Waals surface area contributed by atoms with Crippen molar-refractivity contribution >= 4 is 3.21 Å². The van der Waals surface area contributed by atoms with Gasteiger partial charge in [-0.3, -0.25) is 0 Å². The van der Waals surface area contributed by atoms with E-state index >= 15 is 0 Å². The second-order valence-corrected chi connectivity index (χ2v) is 13.0. The number of aryl methyl sites for hydroxylation is 2. The average Bonchev–Trinajstić information content (AvgIpc) is 3.81. The predicted molar refractivity (Wildman–Crippen MR) is 192 cm³/mol. The first kappa shape index (κ1) is 38.7. The molecule has 0 heterocycles. The third-order valence-corrected chi connectivity index (χ3v) is 9.92. The maximum atomic E-state index is 12.8. The minimum atomic E-state index is -0.244. The van der Waals surface area contributed by atoms with Crippen molar-refractivity contribution in [2.45, 2.75) is 20.3 Å². The van der Waals surface area contributed by atoms with Crippen molar-refractivity contribution in [3.8, 4) is 33.4 Å². The SMILES string of the molecule is Cc1ccccc1-c1[c-]c2c(cc1)-c1ccc(-c3ccccc3C)cc1C2.Fc1ccc([C](=[Zr+2])c2ccc(F)cc2)cc1.[Cl-].[Cl-].c1cc[cH-]c1. The summed E-state index contributed by atoms with van der Waals surface area (Å²) < 4.78 is 26.6. The molecule has 248 valence electrons. The standard InChI is InChI=1S/C27H21.C13H8F2.C5H5.2ClH.Zr/c1-18-7-3-5-9-24(18)20-11-13-26-22(15-20)17-23-16-21(12-14-27(23)26)25-10-6-4-8-19(25)2;14-12-5-1-10(2-6-12)9-11-3-7-13(15)8-4-11;1-2-4-5-3-1;;;/h3-15H,17H2,1-2H3;1-8H;1-5H;2*1H;/q-1;;-1;;;+2/p-2. The smallest absolute Gasteiger partial charge is 0.172 e. The van der Waals surface area contributed by atoms with Crippen LogP contribution in [0.2, 0.25) is 0 Å². The van der Waals surface area contributed by atoms with Crippen molar-refractivity contribution < 1.29 is 57.8 Å². The van der Waals surface area contributed by atoms with Gasteiger partial charge in [0.25, 0.3) is 0 Å². The Labute approximate surface area is 321 Å². The molecule has 1 aliphatic carbocycles. The minimum absolute atomic E-state index is 0. The van der Waals surface area contributed by atoms with Crippen LogP contribution in [0.4, 0.5) is 8.78 Å². The molecule has 7 aromatic rings. The van der Waals surface area contributed by atoms with Crippen LogP contribution < -0.4 is 24.8 Å². The summed E-state index contributed by atoms with van der Waals surface area (Å²) in [5, 5.41) is 0. The monoisotopic (exact) mass is 772 g/mol. The van der Waals surface area contributed by atoms with Crippen molar-refractivity contribution in [2.24, 2.45) is 0 Å². The van der Waals surface area contributed by atoms with Crippen LogP contribution in [0, 0.1) is 31.5 Å². The molecule has 0 aromatic heterocycles. The van der Waals surface area contributed by atoms with E-state index < -0.39 is 0 Å². The number of hydrogen-bond acceptors (Lipinski definition) is 0. The Morgan fingerprint density at radius 1 is 0.580 bits per heavy atom. The molecule has 0 N–H and O–H groups in total. The van der Waals surface area contributed by atoms with Gasteiger partial charge in [-0.1, -0.05) is 89.0 Å². The maximum Gasteiger partial charge on any atom is -0.172 e. The van der Waals surface area contributed by atoms with E-state index in [1.54, 1.807) is 24.3 Å². The summed E-state index contributed by atoms with van der Waals surface area (Å²) in [6.07, 6.45) is 0.962. The van der Waals surface area contributed by atoms with Crippen molar-refractivity contribution in [3.63, 3.8) is 0 Å². The van der Waals surface area contributed by atoms with Gasteiger partial charge in [-0.05, 0) is 42.5 Å². The van der Waals surface area contributed by atoms with Gasteiger partial charge < -0.3 is 24.8 Å². The Kier molecular flexibility index (Phi) is 14.1. The summed E-state index contributed by atoms with van der Waals surface area (Å²) in [6.45, 7) is 4.35. The Balaban J connectivity index is 0.000000208. The first-order valence-electron chi connectivity index (χ1n) is 15.9. The van der Waals surface area contributed by atoms with E-state index in [1.807, 2.05) is 30.3 Å². The molecule has 5 heteroatoms. The second-order valence-electron chi connectivity index (χ2n) is 11.8. The van der Waals surface area contributed by atoms with Crippen molar-refractivity contribution in [3.05, 3.63) is 209 Å². The number of benzene rings is 6. The molecule has 1 aliphatic rings. The van der Waals surface area contributed by atoms with Crippen LogP contribution in [0.1, 0.15) is 33.4 Å². The second kappa shape index (κ2) is 18.2. The molecule has 8 rings (SSSR count). The van der Waals surface area contributed by atoms with Crippen molar-refractivity contribution in [1.82, 2.24) is 0 Å². The van der Waals surface area contributed by atoms with Crippen LogP contribution in [-0.2, 0) is 30.7 Å². The molecule has 0 saturated heterocycles. The molecule has 7 aromatic carbocycles. The van der Waals surface area contributed by atoms with Crippen LogP contribution >= 0.6 is 0 Å². The molecule has 0 aliphatic heterocycles. The summed E-state index contributed by atoms with van der Waals surface area (Å²) in [4.78, 5) is 0. The Bertz CT molecular complexity index is 1990. The topological polar surface area (TPSA) is 0 Å². The minimum Gasteiger partial charge on any atom is -1.00 e. The molecule has 0 radical (unpaired) electrons. The largest absolute Gasteiger partial charge is 1.00 e. The number of fused-ring (bicyclic) bond motifs is 3. The third-order valence-electron chi connectivity index (χ3n) is 8.50. The van der Waals surface area contributed by atoms with Gasteiger partial charge in [0.1, 0.15) is 0 Å². The van der Waals surface area contributed by atoms with E-state index in [-0.39, 0.29) is 36.4 Å². The van der Waals surface area contributed by atoms with E-state index in [0.717, 1.165) is 20.8 Å². The van der Waals surface area contributed by atoms with Gasteiger partial charge >= 0.3 is 108 Å². The summed E-state index contributed by atoms with van der Waals surface area (Å²) >= 11 is 1.22. The number of rotatable bonds is 4. The van der Waals surface area contributed by atoms with Gasteiger partial charge in [0.2, 0.25) is 0 Å². The van der Waals surface area contributed by atoms with Crippen LogP contribution in [0.15, 0.2) is 158 Å². The fraction of sp³-hybridized carbons (Fsp3) is 0.0667. The van der Waals surface area contributed by atoms with Crippen LogP contribution in [0.25, 0.3) is 33.4 Å².